The van der Waals surface area contributed by atoms with Crippen molar-refractivity contribution in [1.29, 1.82) is 0 Å². The van der Waals surface area contributed by atoms with Gasteiger partial charge in [-0.2, -0.15) is 50.5 Å². The van der Waals surface area contributed by atoms with Gasteiger partial charge in [-0.05, 0) is 245 Å². The fourth-order valence-corrected chi connectivity index (χ4v) is 19.0. The minimum atomic E-state index is -0.254. The summed E-state index contributed by atoms with van der Waals surface area (Å²) in [6.07, 6.45) is 18.9. The third-order valence-corrected chi connectivity index (χ3v) is 32.6. The van der Waals surface area contributed by atoms with Crippen molar-refractivity contribution in [3.63, 3.8) is 0 Å². The summed E-state index contributed by atoms with van der Waals surface area (Å²) in [7, 11) is 0. The van der Waals surface area contributed by atoms with E-state index in [9.17, 15) is 19.2 Å². The first-order valence-electron chi connectivity index (χ1n) is 36.5. The molecule has 0 bridgehead atoms. The van der Waals surface area contributed by atoms with Crippen LogP contribution < -0.4 is 29.6 Å². The first-order chi connectivity index (χ1) is 42.4. The Morgan fingerprint density at radius 2 is 0.802 bits per heavy atom. The average Bonchev–Trinajstić information content (AvgIpc) is 0.786. The molecule has 560 valence electrons. The van der Waals surface area contributed by atoms with E-state index in [2.05, 4.69) is 207 Å². The topological polar surface area (TPSA) is 98.3 Å². The number of hydrogen-bond donors (Lipinski definition) is 4. The molecule has 0 aromatic rings. The molecule has 0 aliphatic carbocycles. The molecule has 0 aliphatic heterocycles. The first kappa shape index (κ1) is 104. The van der Waals surface area contributed by atoms with Crippen LogP contribution in [0.15, 0.2) is 46.6 Å². The van der Waals surface area contributed by atoms with Crippen LogP contribution in [0.1, 0.15) is 337 Å². The van der Waals surface area contributed by atoms with Crippen molar-refractivity contribution >= 4 is 118 Å². The van der Waals surface area contributed by atoms with Gasteiger partial charge in [0.2, 0.25) is 0 Å². The Morgan fingerprint density at radius 3 is 1.16 bits per heavy atom. The summed E-state index contributed by atoms with van der Waals surface area (Å²) < 4.78 is -0.449. The summed E-state index contributed by atoms with van der Waals surface area (Å²) in [5.74, 6) is 4.47. The SMILES string of the molecule is C=C(C)C(C)(CCC(C)(S)C(C)CCC(C)C(C)(S)CC/C(C)=C(\C)CC)CC(C)(CC(C)(C)C(C)(C)S)C(C)CS.C=C(C)C(C)(CCC(C)(SC(C)=O)C(C)CCC(C)C(C)(CC/C(C)=C(\C)CC)SC(C)=O)CC(C)(CC(C)C(C)SC(C)=O)C(C)CSC(C)=O.[Na+].[OH-]. The molecule has 0 saturated carbocycles. The quantitative estimate of drug-likeness (QED) is 0.0270. The molecule has 1 N–H and O–H groups in total. The molecule has 0 aromatic carbocycles. The molecule has 0 spiro atoms. The third-order valence-electron chi connectivity index (χ3n) is 25.2. The molecule has 0 heterocycles. The standard InChI is InChI=1S/C44H78O4S4.C38H74S4.Na.H2O/c1-19-30(4)31(5)22-23-43(17,51-39(13)47)33(7)20-21-34(8)44(18,52-40(14)48)25-24-41(15,29(2)3)28-42(16,35(9)27-49-37(11)45)26-32(6)36(10)50-38(12)46;1-17-28(4)29(5)20-21-37(15,41)30(6)18-19-31(7)38(16,42)23-22-35(13,27(2)3)26-36(14,32(8)24-39)25-33(9,10)34(11,12)40;;/h32-36H,2,19-28H2,1,3-18H3;30-32,39-42H,2,17-26H2,1,3-16H3;;1H2/q;;+1;/p-1/b31-30+;29-28+;;. The fraction of sp³-hybridized carbons (Fsp3) is 0.854. The summed E-state index contributed by atoms with van der Waals surface area (Å²) in [5.41, 5.74) is 8.40. The van der Waals surface area contributed by atoms with Crippen LogP contribution in [0, 0.1) is 68.5 Å². The van der Waals surface area contributed by atoms with Gasteiger partial charge in [-0.1, -0.05) is 232 Å². The van der Waals surface area contributed by atoms with Crippen molar-refractivity contribution in [3.8, 4) is 0 Å². The molecule has 0 aliphatic rings. The van der Waals surface area contributed by atoms with Gasteiger partial charge in [-0.15, -0.1) is 0 Å². The predicted octanol–water partition coefficient (Wildman–Crippen LogP) is 24.2. The second-order valence-electron chi connectivity index (χ2n) is 34.4. The molecule has 16 atom stereocenters. The number of allylic oxidation sites excluding steroid dienone is 6. The van der Waals surface area contributed by atoms with E-state index < -0.39 is 0 Å². The van der Waals surface area contributed by atoms with Crippen LogP contribution >= 0.6 is 97.6 Å². The number of hydrogen-bond acceptors (Lipinski definition) is 13. The fourth-order valence-electron chi connectivity index (χ4n) is 13.9. The van der Waals surface area contributed by atoms with E-state index in [1.165, 1.54) is 82.2 Å². The van der Waals surface area contributed by atoms with Crippen molar-refractivity contribution in [3.05, 3.63) is 46.6 Å². The molecular formula is C82H153NaO5S8. The van der Waals surface area contributed by atoms with Gasteiger partial charge < -0.3 is 5.48 Å². The molecule has 0 saturated heterocycles. The van der Waals surface area contributed by atoms with Crippen molar-refractivity contribution in [1.82, 2.24) is 0 Å². The summed E-state index contributed by atoms with van der Waals surface area (Å²) >= 11 is 26.2. The van der Waals surface area contributed by atoms with Crippen LogP contribution in [0.4, 0.5) is 0 Å². The zero-order valence-corrected chi connectivity index (χ0v) is 77.5. The number of thiol groups is 4. The molecule has 0 amide bonds. The van der Waals surface area contributed by atoms with Gasteiger partial charge in [0.1, 0.15) is 0 Å². The Kier molecular flexibility index (Phi) is 48.8. The van der Waals surface area contributed by atoms with E-state index in [4.69, 9.17) is 50.5 Å². The van der Waals surface area contributed by atoms with E-state index in [0.29, 0.717) is 29.6 Å². The predicted molar refractivity (Wildman–Crippen MR) is 449 cm³/mol. The second-order valence-corrected chi connectivity index (χ2v) is 44.1. The van der Waals surface area contributed by atoms with Gasteiger partial charge in [0.25, 0.3) is 0 Å². The average molecular weight is 1500 g/mol. The van der Waals surface area contributed by atoms with E-state index in [1.54, 1.807) is 33.3 Å². The van der Waals surface area contributed by atoms with E-state index in [1.807, 2.05) is 0 Å². The van der Waals surface area contributed by atoms with Crippen LogP contribution in [0.25, 0.3) is 0 Å². The molecule has 5 nitrogen and oxygen atoms in total. The summed E-state index contributed by atoms with van der Waals surface area (Å²) in [4.78, 5) is 49.3. The Hall–Kier alpha value is 1.40. The minimum absolute atomic E-state index is 0. The number of carbonyl (C=O) groups excluding carboxylic acids is 4. The number of rotatable bonds is 44. The Balaban J connectivity index is -0.000000882. The molecule has 0 rings (SSSR count). The van der Waals surface area contributed by atoms with Crippen molar-refractivity contribution in [2.45, 2.75) is 366 Å². The molecule has 14 heteroatoms. The summed E-state index contributed by atoms with van der Waals surface area (Å²) in [6.45, 7) is 80.4. The van der Waals surface area contributed by atoms with E-state index in [-0.39, 0.29) is 123 Å². The maximum absolute atomic E-state index is 12.8. The first-order valence-corrected chi connectivity index (χ1v) is 41.9. The summed E-state index contributed by atoms with van der Waals surface area (Å²) in [6, 6.07) is 0. The van der Waals surface area contributed by atoms with Crippen LogP contribution in [0.3, 0.4) is 0 Å². The minimum Gasteiger partial charge on any atom is -0.870 e. The van der Waals surface area contributed by atoms with Crippen LogP contribution in [0.5, 0.6) is 0 Å². The zero-order chi connectivity index (χ0) is 74.4. The Morgan fingerprint density at radius 1 is 0.438 bits per heavy atom. The zero-order valence-electron chi connectivity index (χ0n) is 68.7. The molecule has 16 unspecified atom stereocenters. The maximum Gasteiger partial charge on any atom is 1.00 e. The molecular weight excluding hydrogens is 1340 g/mol. The van der Waals surface area contributed by atoms with Gasteiger partial charge in [0, 0.05) is 62.4 Å². The van der Waals surface area contributed by atoms with Gasteiger partial charge in [-0.3, -0.25) is 19.2 Å². The number of carbonyl (C=O) groups is 4. The van der Waals surface area contributed by atoms with E-state index in [0.717, 1.165) is 120 Å². The van der Waals surface area contributed by atoms with Crippen molar-refractivity contribution in [2.24, 2.45) is 68.5 Å². The van der Waals surface area contributed by atoms with Gasteiger partial charge in [0.15, 0.2) is 20.5 Å². The Bertz CT molecular complexity index is 2460. The third kappa shape index (κ3) is 35.7. The summed E-state index contributed by atoms with van der Waals surface area (Å²) in [5, 5.41) is 0.820. The monoisotopic (exact) mass is 1500 g/mol. The van der Waals surface area contributed by atoms with Crippen molar-refractivity contribution < 1.29 is 54.2 Å². The van der Waals surface area contributed by atoms with Crippen LogP contribution in [-0.2, 0) is 19.2 Å². The largest absolute Gasteiger partial charge is 1.00 e. The molecule has 0 radical (unpaired) electrons. The van der Waals surface area contributed by atoms with Crippen molar-refractivity contribution in [2.75, 3.05) is 11.5 Å². The normalized spacial score (nSPS) is 20.4. The molecule has 0 aromatic heterocycles. The molecule has 96 heavy (non-hydrogen) atoms. The smallest absolute Gasteiger partial charge is 0.870 e. The Labute approximate surface area is 658 Å². The van der Waals surface area contributed by atoms with Crippen LogP contribution in [-0.4, -0.2) is 66.4 Å². The second kappa shape index (κ2) is 45.1. The van der Waals surface area contributed by atoms with Gasteiger partial charge in [0.05, 0.1) is 0 Å². The van der Waals surface area contributed by atoms with Crippen LogP contribution in [0.2, 0.25) is 0 Å². The van der Waals surface area contributed by atoms with Gasteiger partial charge >= 0.3 is 29.6 Å². The van der Waals surface area contributed by atoms with E-state index >= 15 is 0 Å². The maximum atomic E-state index is 12.8. The van der Waals surface area contributed by atoms with Gasteiger partial charge in [-0.25, -0.2) is 0 Å². The number of thioether (sulfide) groups is 4. The molecule has 0 fully saturated rings.